The molecule has 6 heteroatoms. The highest BCUT2D eigenvalue weighted by Gasteiger charge is 2.53. The first kappa shape index (κ1) is 17.7. The summed E-state index contributed by atoms with van der Waals surface area (Å²) in [7, 11) is 0. The van der Waals surface area contributed by atoms with Crippen molar-refractivity contribution in [3.63, 3.8) is 0 Å². The van der Waals surface area contributed by atoms with Crippen molar-refractivity contribution in [2.45, 2.75) is 52.6 Å². The first-order chi connectivity index (χ1) is 11.6. The van der Waals surface area contributed by atoms with Gasteiger partial charge in [-0.05, 0) is 54.5 Å². The molecular formula is C19H20F3NO2. The molecule has 0 radical (unpaired) electrons. The number of halogens is 3. The minimum Gasteiger partial charge on any atom is -0.326 e. The molecular weight excluding hydrogens is 331 g/mol. The second kappa shape index (κ2) is 5.71. The van der Waals surface area contributed by atoms with Crippen LogP contribution in [-0.2, 0) is 16.0 Å². The lowest BCUT2D eigenvalue weighted by molar-refractivity contribution is -0.130. The van der Waals surface area contributed by atoms with Crippen molar-refractivity contribution in [3.8, 4) is 0 Å². The van der Waals surface area contributed by atoms with Gasteiger partial charge in [-0.3, -0.25) is 9.59 Å². The minimum absolute atomic E-state index is 0.0717. The molecule has 0 aromatic heterocycles. The molecule has 1 aromatic carbocycles. The molecule has 1 aromatic rings. The highest BCUT2D eigenvalue weighted by Crippen LogP contribution is 2.58. The number of ketones is 1. The maximum Gasteiger partial charge on any atom is 0.420 e. The van der Waals surface area contributed by atoms with Crippen LogP contribution in [0.1, 0.15) is 49.8 Å². The zero-order valence-corrected chi connectivity index (χ0v) is 14.4. The molecule has 1 unspecified atom stereocenters. The third-order valence-corrected chi connectivity index (χ3v) is 5.54. The van der Waals surface area contributed by atoms with Crippen LogP contribution in [-0.4, -0.2) is 17.9 Å². The Kier molecular flexibility index (Phi) is 4.05. The van der Waals surface area contributed by atoms with Gasteiger partial charge < -0.3 is 5.32 Å². The molecule has 3 rings (SSSR count). The van der Waals surface area contributed by atoms with Crippen LogP contribution in [0.5, 0.6) is 0 Å². The van der Waals surface area contributed by atoms with Crippen LogP contribution in [0.15, 0.2) is 17.7 Å². The lowest BCUT2D eigenvalue weighted by Crippen LogP contribution is -2.33. The van der Waals surface area contributed by atoms with E-state index in [1.807, 2.05) is 6.92 Å². The van der Waals surface area contributed by atoms with Gasteiger partial charge in [-0.25, -0.2) is 0 Å². The van der Waals surface area contributed by atoms with Gasteiger partial charge in [0.05, 0.1) is 0 Å². The Morgan fingerprint density at radius 1 is 1.32 bits per heavy atom. The molecule has 1 amide bonds. The number of nitrogens with one attached hydrogen (secondary N) is 1. The number of fused-ring (bicyclic) bond motifs is 3. The molecule has 0 fully saturated rings. The van der Waals surface area contributed by atoms with Crippen LogP contribution < -0.4 is 5.32 Å². The molecule has 3 nitrogen and oxygen atoms in total. The standard InChI is InChI=1S/C19H20F3NO2/c1-4-18-8-7-15(25)17(19(20,21)22)16(18)12-5-6-14(23-11(3)24)10(2)13(12)9-18/h5-6H,4,7-9H2,1-3H3,(H,23,24). The summed E-state index contributed by atoms with van der Waals surface area (Å²) in [5.41, 5.74) is 1.22. The van der Waals surface area contributed by atoms with Crippen LogP contribution in [0.3, 0.4) is 0 Å². The van der Waals surface area contributed by atoms with E-state index < -0.39 is 22.9 Å². The summed E-state index contributed by atoms with van der Waals surface area (Å²) in [4.78, 5) is 23.5. The molecule has 0 aliphatic heterocycles. The number of hydrogen-bond acceptors (Lipinski definition) is 2. The molecule has 0 saturated carbocycles. The number of anilines is 1. The molecule has 0 bridgehead atoms. The van der Waals surface area contributed by atoms with E-state index in [1.54, 1.807) is 19.1 Å². The fourth-order valence-electron chi connectivity index (χ4n) is 4.27. The molecule has 1 N–H and O–H groups in total. The number of benzene rings is 1. The van der Waals surface area contributed by atoms with E-state index in [4.69, 9.17) is 0 Å². The van der Waals surface area contributed by atoms with E-state index in [9.17, 15) is 22.8 Å². The van der Waals surface area contributed by atoms with Gasteiger partial charge in [0, 0.05) is 24.4 Å². The Bertz CT molecular complexity index is 808. The van der Waals surface area contributed by atoms with Crippen LogP contribution in [0.2, 0.25) is 0 Å². The van der Waals surface area contributed by atoms with E-state index in [-0.39, 0.29) is 17.9 Å². The second-order valence-corrected chi connectivity index (χ2v) is 6.93. The molecule has 2 aliphatic rings. The van der Waals surface area contributed by atoms with Gasteiger partial charge in [-0.15, -0.1) is 0 Å². The molecule has 0 saturated heterocycles. The Morgan fingerprint density at radius 3 is 2.56 bits per heavy atom. The molecule has 2 aliphatic carbocycles. The lowest BCUT2D eigenvalue weighted by Gasteiger charge is -2.36. The topological polar surface area (TPSA) is 46.2 Å². The monoisotopic (exact) mass is 351 g/mol. The number of Topliss-reactive ketones (excluding diaryl/α,β-unsaturated/α-hetero) is 1. The summed E-state index contributed by atoms with van der Waals surface area (Å²) < 4.78 is 40.9. The number of allylic oxidation sites excluding steroid dienone is 2. The number of carbonyl (C=O) groups excluding carboxylic acids is 2. The maximum atomic E-state index is 13.6. The largest absolute Gasteiger partial charge is 0.420 e. The first-order valence-corrected chi connectivity index (χ1v) is 8.36. The Balaban J connectivity index is 2.29. The zero-order chi connectivity index (χ0) is 18.6. The molecule has 1 atom stereocenters. The predicted molar refractivity (Wildman–Crippen MR) is 89.1 cm³/mol. The Morgan fingerprint density at radius 2 is 2.00 bits per heavy atom. The number of hydrogen-bond donors (Lipinski definition) is 1. The summed E-state index contributed by atoms with van der Waals surface area (Å²) in [6, 6.07) is 3.24. The molecule has 0 spiro atoms. The average molecular weight is 351 g/mol. The number of carbonyl (C=O) groups is 2. The van der Waals surface area contributed by atoms with Gasteiger partial charge in [-0.2, -0.15) is 13.2 Å². The number of amides is 1. The summed E-state index contributed by atoms with van der Waals surface area (Å²) in [5.74, 6) is -1.04. The first-order valence-electron chi connectivity index (χ1n) is 8.36. The van der Waals surface area contributed by atoms with Crippen LogP contribution >= 0.6 is 0 Å². The SMILES string of the molecule is CCC12CCC(=O)C(C(F)(F)F)=C1c1ccc(NC(C)=O)c(C)c1C2. The van der Waals surface area contributed by atoms with Crippen LogP contribution in [0.25, 0.3) is 5.57 Å². The van der Waals surface area contributed by atoms with Gasteiger partial charge in [-0.1, -0.05) is 13.0 Å². The fraction of sp³-hybridized carbons (Fsp3) is 0.474. The van der Waals surface area contributed by atoms with Crippen molar-refractivity contribution in [2.24, 2.45) is 5.41 Å². The van der Waals surface area contributed by atoms with E-state index >= 15 is 0 Å². The van der Waals surface area contributed by atoms with Gasteiger partial charge in [0.2, 0.25) is 5.91 Å². The van der Waals surface area contributed by atoms with Crippen molar-refractivity contribution in [1.29, 1.82) is 0 Å². The second-order valence-electron chi connectivity index (χ2n) is 6.93. The van der Waals surface area contributed by atoms with Gasteiger partial charge in [0.15, 0.2) is 5.78 Å². The highest BCUT2D eigenvalue weighted by atomic mass is 19.4. The van der Waals surface area contributed by atoms with Crippen molar-refractivity contribution in [1.82, 2.24) is 0 Å². The lowest BCUT2D eigenvalue weighted by atomic mass is 9.68. The van der Waals surface area contributed by atoms with E-state index in [0.29, 0.717) is 30.5 Å². The van der Waals surface area contributed by atoms with Crippen molar-refractivity contribution < 1.29 is 22.8 Å². The minimum atomic E-state index is -4.65. The quantitative estimate of drug-likeness (QED) is 0.847. The average Bonchev–Trinajstić information content (AvgIpc) is 2.84. The maximum absolute atomic E-state index is 13.6. The van der Waals surface area contributed by atoms with Crippen molar-refractivity contribution in [3.05, 3.63) is 34.4 Å². The van der Waals surface area contributed by atoms with Gasteiger partial charge >= 0.3 is 6.18 Å². The Labute approximate surface area is 144 Å². The summed E-state index contributed by atoms with van der Waals surface area (Å²) in [6.07, 6.45) is -3.28. The third kappa shape index (κ3) is 2.68. The van der Waals surface area contributed by atoms with E-state index in [2.05, 4.69) is 5.32 Å². The summed E-state index contributed by atoms with van der Waals surface area (Å²) in [5, 5.41) is 2.72. The fourth-order valence-corrected chi connectivity index (χ4v) is 4.27. The van der Waals surface area contributed by atoms with Gasteiger partial charge in [0.1, 0.15) is 5.57 Å². The third-order valence-electron chi connectivity index (χ3n) is 5.54. The smallest absolute Gasteiger partial charge is 0.326 e. The van der Waals surface area contributed by atoms with E-state index in [0.717, 1.165) is 11.1 Å². The normalized spacial score (nSPS) is 22.7. The highest BCUT2D eigenvalue weighted by molar-refractivity contribution is 6.08. The Hall–Kier alpha value is -2.11. The van der Waals surface area contributed by atoms with Crippen molar-refractivity contribution in [2.75, 3.05) is 5.32 Å². The molecule has 134 valence electrons. The zero-order valence-electron chi connectivity index (χ0n) is 14.4. The molecule has 0 heterocycles. The number of alkyl halides is 3. The van der Waals surface area contributed by atoms with Gasteiger partial charge in [0.25, 0.3) is 0 Å². The molecule has 25 heavy (non-hydrogen) atoms. The summed E-state index contributed by atoms with van der Waals surface area (Å²) in [6.45, 7) is 5.07. The number of rotatable bonds is 2. The summed E-state index contributed by atoms with van der Waals surface area (Å²) >= 11 is 0. The van der Waals surface area contributed by atoms with Crippen LogP contribution in [0, 0.1) is 12.3 Å². The predicted octanol–water partition coefficient (Wildman–Crippen LogP) is 4.58. The van der Waals surface area contributed by atoms with E-state index in [1.165, 1.54) is 6.92 Å². The van der Waals surface area contributed by atoms with Crippen LogP contribution in [0.4, 0.5) is 18.9 Å². The van der Waals surface area contributed by atoms with Crippen molar-refractivity contribution >= 4 is 23.0 Å².